The molecule has 1 atom stereocenters. The summed E-state index contributed by atoms with van der Waals surface area (Å²) in [7, 11) is 0. The lowest BCUT2D eigenvalue weighted by molar-refractivity contribution is 0.351. The Hall–Kier alpha value is -0.980. The third kappa shape index (κ3) is 1.43. The molecule has 1 heterocycles. The maximum absolute atomic E-state index is 5.65. The second-order valence-electron chi connectivity index (χ2n) is 3.74. The van der Waals surface area contributed by atoms with Gasteiger partial charge in [0.15, 0.2) is 0 Å². The summed E-state index contributed by atoms with van der Waals surface area (Å²) >= 11 is 0. The third-order valence-corrected chi connectivity index (χ3v) is 2.89. The Bertz CT molecular complexity index is 304. The maximum Gasteiger partial charge on any atom is 0.126 e. The summed E-state index contributed by atoms with van der Waals surface area (Å²) in [5.74, 6) is 1.78. The van der Waals surface area contributed by atoms with Gasteiger partial charge in [-0.2, -0.15) is 0 Å². The van der Waals surface area contributed by atoms with Gasteiger partial charge in [0.05, 0.1) is 6.61 Å². The van der Waals surface area contributed by atoms with Crippen LogP contribution in [0.3, 0.4) is 0 Å². The Morgan fingerprint density at radius 3 is 3.08 bits per heavy atom. The second-order valence-corrected chi connectivity index (χ2v) is 3.74. The smallest absolute Gasteiger partial charge is 0.126 e. The van der Waals surface area contributed by atoms with E-state index in [0.717, 1.165) is 18.8 Å². The van der Waals surface area contributed by atoms with Gasteiger partial charge in [-0.05, 0) is 23.5 Å². The minimum atomic E-state index is 0.619. The zero-order chi connectivity index (χ0) is 9.26. The van der Waals surface area contributed by atoms with Crippen LogP contribution in [0.2, 0.25) is 0 Å². The fourth-order valence-corrected chi connectivity index (χ4v) is 1.85. The Balaban J connectivity index is 2.41. The van der Waals surface area contributed by atoms with Crippen LogP contribution in [0.4, 0.5) is 0 Å². The fraction of sp³-hybridized carbons (Fsp3) is 0.500. The monoisotopic (exact) mass is 176 g/mol. The molecule has 0 aliphatic carbocycles. The van der Waals surface area contributed by atoms with E-state index >= 15 is 0 Å². The molecule has 0 fully saturated rings. The average Bonchev–Trinajstić information content (AvgIpc) is 2.63. The number of fused-ring (bicyclic) bond motifs is 1. The molecule has 1 aliphatic rings. The lowest BCUT2D eigenvalue weighted by Crippen LogP contribution is -1.95. The van der Waals surface area contributed by atoms with Crippen molar-refractivity contribution in [1.29, 1.82) is 0 Å². The molecule has 0 bridgehead atoms. The van der Waals surface area contributed by atoms with Crippen LogP contribution in [0.25, 0.3) is 0 Å². The first kappa shape index (κ1) is 8.61. The van der Waals surface area contributed by atoms with E-state index in [1.54, 1.807) is 0 Å². The van der Waals surface area contributed by atoms with Crippen molar-refractivity contribution in [1.82, 2.24) is 0 Å². The lowest BCUT2D eigenvalue weighted by atomic mass is 9.95. The first-order chi connectivity index (χ1) is 6.33. The van der Waals surface area contributed by atoms with Crippen LogP contribution in [0.1, 0.15) is 37.3 Å². The summed E-state index contributed by atoms with van der Waals surface area (Å²) in [5, 5.41) is 0. The maximum atomic E-state index is 5.65. The summed E-state index contributed by atoms with van der Waals surface area (Å²) in [5.41, 5.74) is 2.77. The molecule has 1 unspecified atom stereocenters. The van der Waals surface area contributed by atoms with Gasteiger partial charge in [-0.3, -0.25) is 0 Å². The summed E-state index contributed by atoms with van der Waals surface area (Å²) in [4.78, 5) is 0. The number of hydrogen-bond acceptors (Lipinski definition) is 1. The molecule has 70 valence electrons. The van der Waals surface area contributed by atoms with Crippen molar-refractivity contribution in [2.75, 3.05) is 6.61 Å². The Morgan fingerprint density at radius 2 is 2.31 bits per heavy atom. The molecule has 0 radical (unpaired) electrons. The van der Waals surface area contributed by atoms with E-state index in [1.165, 1.54) is 17.5 Å². The van der Waals surface area contributed by atoms with Crippen molar-refractivity contribution in [3.63, 3.8) is 0 Å². The molecule has 1 aromatic rings. The van der Waals surface area contributed by atoms with Crippen molar-refractivity contribution >= 4 is 0 Å². The van der Waals surface area contributed by atoms with Crippen molar-refractivity contribution in [2.24, 2.45) is 0 Å². The molecule has 1 aliphatic heterocycles. The van der Waals surface area contributed by atoms with Crippen LogP contribution >= 0.6 is 0 Å². The summed E-state index contributed by atoms with van der Waals surface area (Å²) in [6.45, 7) is 5.35. The van der Waals surface area contributed by atoms with Crippen molar-refractivity contribution in [3.8, 4) is 5.75 Å². The van der Waals surface area contributed by atoms with Gasteiger partial charge in [-0.25, -0.2) is 0 Å². The van der Waals surface area contributed by atoms with Gasteiger partial charge < -0.3 is 4.74 Å². The van der Waals surface area contributed by atoms with Gasteiger partial charge in [-0.15, -0.1) is 0 Å². The van der Waals surface area contributed by atoms with E-state index in [-0.39, 0.29) is 0 Å². The lowest BCUT2D eigenvalue weighted by Gasteiger charge is -2.12. The highest BCUT2D eigenvalue weighted by Crippen LogP contribution is 2.35. The van der Waals surface area contributed by atoms with E-state index in [0.29, 0.717) is 5.92 Å². The van der Waals surface area contributed by atoms with E-state index in [2.05, 4.69) is 32.0 Å². The predicted octanol–water partition coefficient (Wildman–Crippen LogP) is 3.14. The molecular weight excluding hydrogens is 160 g/mol. The number of ether oxygens (including phenoxy) is 1. The zero-order valence-corrected chi connectivity index (χ0v) is 8.34. The van der Waals surface area contributed by atoms with E-state index in [9.17, 15) is 0 Å². The Kier molecular flexibility index (Phi) is 2.26. The normalized spacial score (nSPS) is 16.5. The first-order valence-electron chi connectivity index (χ1n) is 5.07. The molecule has 1 aromatic carbocycles. The standard InChI is InChI=1S/C12H16O/c1-3-9(2)11-6-4-5-10-7-8-13-12(10)11/h4-6,9H,3,7-8H2,1-2H3. The molecule has 0 aromatic heterocycles. The molecule has 13 heavy (non-hydrogen) atoms. The summed E-state index contributed by atoms with van der Waals surface area (Å²) < 4.78 is 5.65. The van der Waals surface area contributed by atoms with E-state index < -0.39 is 0 Å². The molecule has 1 nitrogen and oxygen atoms in total. The summed E-state index contributed by atoms with van der Waals surface area (Å²) in [6.07, 6.45) is 2.26. The van der Waals surface area contributed by atoms with Crippen LogP contribution in [-0.2, 0) is 6.42 Å². The predicted molar refractivity (Wildman–Crippen MR) is 54.3 cm³/mol. The van der Waals surface area contributed by atoms with Crippen LogP contribution in [0.5, 0.6) is 5.75 Å². The SMILES string of the molecule is CCC(C)c1cccc2c1OCC2. The van der Waals surface area contributed by atoms with E-state index in [4.69, 9.17) is 4.74 Å². The minimum Gasteiger partial charge on any atom is -0.493 e. The van der Waals surface area contributed by atoms with E-state index in [1.807, 2.05) is 0 Å². The molecule has 0 amide bonds. The molecule has 0 saturated carbocycles. The van der Waals surface area contributed by atoms with Gasteiger partial charge in [0, 0.05) is 6.42 Å². The first-order valence-corrected chi connectivity index (χ1v) is 5.07. The molecular formula is C12H16O. The highest BCUT2D eigenvalue weighted by molar-refractivity contribution is 5.45. The molecule has 2 rings (SSSR count). The topological polar surface area (TPSA) is 9.23 Å². The minimum absolute atomic E-state index is 0.619. The van der Waals surface area contributed by atoms with Crippen LogP contribution < -0.4 is 4.74 Å². The molecule has 0 spiro atoms. The van der Waals surface area contributed by atoms with Gasteiger partial charge in [0.25, 0.3) is 0 Å². The number of hydrogen-bond donors (Lipinski definition) is 0. The van der Waals surface area contributed by atoms with Crippen LogP contribution in [0, 0.1) is 0 Å². The molecule has 0 N–H and O–H groups in total. The fourth-order valence-electron chi connectivity index (χ4n) is 1.85. The van der Waals surface area contributed by atoms with Gasteiger partial charge >= 0.3 is 0 Å². The number of para-hydroxylation sites is 1. The number of rotatable bonds is 2. The summed E-state index contributed by atoms with van der Waals surface area (Å²) in [6, 6.07) is 6.52. The van der Waals surface area contributed by atoms with Gasteiger partial charge in [0.1, 0.15) is 5.75 Å². The average molecular weight is 176 g/mol. The third-order valence-electron chi connectivity index (χ3n) is 2.89. The Labute approximate surface area is 79.7 Å². The van der Waals surface area contributed by atoms with Gasteiger partial charge in [-0.1, -0.05) is 32.0 Å². The highest BCUT2D eigenvalue weighted by Gasteiger charge is 2.18. The Morgan fingerprint density at radius 1 is 1.46 bits per heavy atom. The number of benzene rings is 1. The van der Waals surface area contributed by atoms with Crippen LogP contribution in [-0.4, -0.2) is 6.61 Å². The zero-order valence-electron chi connectivity index (χ0n) is 8.34. The second kappa shape index (κ2) is 3.41. The van der Waals surface area contributed by atoms with Crippen LogP contribution in [0.15, 0.2) is 18.2 Å². The molecule has 0 saturated heterocycles. The highest BCUT2D eigenvalue weighted by atomic mass is 16.5. The van der Waals surface area contributed by atoms with Crippen molar-refractivity contribution < 1.29 is 4.74 Å². The largest absolute Gasteiger partial charge is 0.493 e. The molecule has 1 heteroatoms. The van der Waals surface area contributed by atoms with Crippen molar-refractivity contribution in [2.45, 2.75) is 32.6 Å². The quantitative estimate of drug-likeness (QED) is 0.672. The van der Waals surface area contributed by atoms with Crippen molar-refractivity contribution in [3.05, 3.63) is 29.3 Å². The van der Waals surface area contributed by atoms with Gasteiger partial charge in [0.2, 0.25) is 0 Å².